The Hall–Kier alpha value is -2.88. The minimum atomic E-state index is 0.274. The first-order chi connectivity index (χ1) is 13.8. The summed E-state index contributed by atoms with van der Waals surface area (Å²) in [7, 11) is 0. The topological polar surface area (TPSA) is 57.8 Å². The summed E-state index contributed by atoms with van der Waals surface area (Å²) in [4.78, 5) is 20.8. The summed E-state index contributed by atoms with van der Waals surface area (Å²) in [6.07, 6.45) is 7.79. The van der Waals surface area contributed by atoms with Gasteiger partial charge in [-0.1, -0.05) is 30.3 Å². The van der Waals surface area contributed by atoms with Gasteiger partial charge in [0.2, 0.25) is 0 Å². The van der Waals surface area contributed by atoms with Crippen molar-refractivity contribution in [3.05, 3.63) is 71.0 Å². The molecular weight excluding hydrogens is 346 g/mol. The molecule has 1 fully saturated rings. The molecule has 3 aromatic rings. The molecule has 4 heteroatoms. The molecule has 1 aromatic carbocycles. The number of H-pyrrole nitrogens is 1. The fourth-order valence-corrected chi connectivity index (χ4v) is 4.15. The zero-order chi connectivity index (χ0) is 18.9. The van der Waals surface area contributed by atoms with Crippen molar-refractivity contribution in [2.24, 2.45) is 5.92 Å². The normalized spacial score (nSPS) is 16.1. The number of aromatic amines is 1. The molecule has 2 N–H and O–H groups in total. The SMILES string of the molecule is O=C1CCCc2[nH]c(-c3ccnc(NCC4CC4)c3)c(Cc3ccccc3)c21. The maximum atomic E-state index is 12.7. The number of carbonyl (C=O) groups excluding carboxylic acids is 1. The molecule has 4 nitrogen and oxygen atoms in total. The van der Waals surface area contributed by atoms with Crippen LogP contribution in [0.5, 0.6) is 0 Å². The van der Waals surface area contributed by atoms with Gasteiger partial charge in [0, 0.05) is 42.4 Å². The molecule has 1 saturated carbocycles. The fourth-order valence-electron chi connectivity index (χ4n) is 4.15. The monoisotopic (exact) mass is 371 g/mol. The summed E-state index contributed by atoms with van der Waals surface area (Å²) in [5, 5.41) is 3.46. The number of fused-ring (bicyclic) bond motifs is 1. The molecule has 0 unspecified atom stereocenters. The van der Waals surface area contributed by atoms with Crippen molar-refractivity contribution >= 4 is 11.6 Å². The van der Waals surface area contributed by atoms with Gasteiger partial charge in [-0.25, -0.2) is 4.98 Å². The number of Topliss-reactive ketones (excluding diaryl/α,β-unsaturated/α-hetero) is 1. The summed E-state index contributed by atoms with van der Waals surface area (Å²) >= 11 is 0. The molecule has 5 rings (SSSR count). The number of aryl methyl sites for hydroxylation is 1. The Morgan fingerprint density at radius 3 is 2.79 bits per heavy atom. The molecule has 0 amide bonds. The number of anilines is 1. The molecule has 0 radical (unpaired) electrons. The van der Waals surface area contributed by atoms with Crippen LogP contribution in [0.15, 0.2) is 48.7 Å². The number of nitrogens with zero attached hydrogens (tertiary/aromatic N) is 1. The van der Waals surface area contributed by atoms with Crippen molar-refractivity contribution < 1.29 is 4.79 Å². The Kier molecular flexibility index (Phi) is 4.47. The van der Waals surface area contributed by atoms with Crippen LogP contribution < -0.4 is 5.32 Å². The van der Waals surface area contributed by atoms with Crippen LogP contribution in [0.3, 0.4) is 0 Å². The van der Waals surface area contributed by atoms with Crippen LogP contribution in [-0.4, -0.2) is 22.3 Å². The number of ketones is 1. The highest BCUT2D eigenvalue weighted by Gasteiger charge is 2.27. The highest BCUT2D eigenvalue weighted by molar-refractivity contribution is 6.01. The van der Waals surface area contributed by atoms with E-state index in [2.05, 4.69) is 45.6 Å². The van der Waals surface area contributed by atoms with E-state index < -0.39 is 0 Å². The Labute approximate surface area is 165 Å². The van der Waals surface area contributed by atoms with E-state index in [0.717, 1.165) is 65.6 Å². The van der Waals surface area contributed by atoms with E-state index >= 15 is 0 Å². The summed E-state index contributed by atoms with van der Waals surface area (Å²) in [5.41, 5.74) is 6.55. The zero-order valence-corrected chi connectivity index (χ0v) is 16.0. The molecule has 2 aliphatic carbocycles. The number of hydrogen-bond acceptors (Lipinski definition) is 3. The smallest absolute Gasteiger partial charge is 0.165 e. The number of carbonyl (C=O) groups is 1. The largest absolute Gasteiger partial charge is 0.370 e. The van der Waals surface area contributed by atoms with E-state index in [1.807, 2.05) is 18.3 Å². The predicted molar refractivity (Wildman–Crippen MR) is 112 cm³/mol. The van der Waals surface area contributed by atoms with Crippen LogP contribution in [0, 0.1) is 5.92 Å². The van der Waals surface area contributed by atoms with Crippen molar-refractivity contribution in [1.29, 1.82) is 0 Å². The van der Waals surface area contributed by atoms with Crippen LogP contribution >= 0.6 is 0 Å². The first-order valence-electron chi connectivity index (χ1n) is 10.3. The standard InChI is InChI=1S/C24H25N3O/c28-21-8-4-7-20-23(21)19(13-16-5-2-1-3-6-16)24(27-20)18-11-12-25-22(14-18)26-15-17-9-10-17/h1-3,5-6,11-12,14,17,27H,4,7-10,13,15H2,(H,25,26). The van der Waals surface area contributed by atoms with Gasteiger partial charge < -0.3 is 10.3 Å². The minimum Gasteiger partial charge on any atom is -0.370 e. The lowest BCUT2D eigenvalue weighted by atomic mass is 9.90. The van der Waals surface area contributed by atoms with Crippen LogP contribution in [0.4, 0.5) is 5.82 Å². The number of pyridine rings is 1. The van der Waals surface area contributed by atoms with Crippen molar-refractivity contribution in [2.45, 2.75) is 38.5 Å². The number of rotatable bonds is 6. The molecule has 28 heavy (non-hydrogen) atoms. The van der Waals surface area contributed by atoms with Gasteiger partial charge in [0.15, 0.2) is 5.78 Å². The molecular formula is C24H25N3O. The number of benzene rings is 1. The number of nitrogens with one attached hydrogen (secondary N) is 2. The molecule has 0 saturated heterocycles. The third-order valence-corrected chi connectivity index (χ3v) is 5.83. The third kappa shape index (κ3) is 3.47. The third-order valence-electron chi connectivity index (χ3n) is 5.83. The van der Waals surface area contributed by atoms with Crippen molar-refractivity contribution in [2.75, 3.05) is 11.9 Å². The van der Waals surface area contributed by atoms with Crippen LogP contribution in [0.2, 0.25) is 0 Å². The highest BCUT2D eigenvalue weighted by Crippen LogP contribution is 2.35. The molecule has 0 aliphatic heterocycles. The van der Waals surface area contributed by atoms with Gasteiger partial charge in [-0.3, -0.25) is 4.79 Å². The quantitative estimate of drug-likeness (QED) is 0.640. The summed E-state index contributed by atoms with van der Waals surface area (Å²) in [5.74, 6) is 1.99. The zero-order valence-electron chi connectivity index (χ0n) is 16.0. The van der Waals surface area contributed by atoms with Gasteiger partial charge in [-0.2, -0.15) is 0 Å². The van der Waals surface area contributed by atoms with Crippen molar-refractivity contribution in [1.82, 2.24) is 9.97 Å². The first-order valence-corrected chi connectivity index (χ1v) is 10.3. The molecule has 2 heterocycles. The Bertz CT molecular complexity index is 1000. The van der Waals surface area contributed by atoms with Gasteiger partial charge in [0.05, 0.1) is 5.69 Å². The van der Waals surface area contributed by atoms with Gasteiger partial charge in [-0.15, -0.1) is 0 Å². The van der Waals surface area contributed by atoms with Gasteiger partial charge in [-0.05, 0) is 54.9 Å². The molecule has 0 bridgehead atoms. The van der Waals surface area contributed by atoms with Crippen molar-refractivity contribution in [3.8, 4) is 11.3 Å². The molecule has 142 valence electrons. The highest BCUT2D eigenvalue weighted by atomic mass is 16.1. The minimum absolute atomic E-state index is 0.274. The molecule has 2 aliphatic rings. The summed E-state index contributed by atoms with van der Waals surface area (Å²) in [6, 6.07) is 14.6. The van der Waals surface area contributed by atoms with E-state index in [4.69, 9.17) is 0 Å². The maximum absolute atomic E-state index is 12.7. The second kappa shape index (κ2) is 7.27. The van der Waals surface area contributed by atoms with E-state index in [-0.39, 0.29) is 5.78 Å². The average molecular weight is 371 g/mol. The second-order valence-corrected chi connectivity index (χ2v) is 8.03. The van der Waals surface area contributed by atoms with E-state index in [1.54, 1.807) is 0 Å². The van der Waals surface area contributed by atoms with Crippen molar-refractivity contribution in [3.63, 3.8) is 0 Å². The van der Waals surface area contributed by atoms with E-state index in [0.29, 0.717) is 6.42 Å². The molecule has 0 spiro atoms. The van der Waals surface area contributed by atoms with E-state index in [1.165, 1.54) is 18.4 Å². The maximum Gasteiger partial charge on any atom is 0.165 e. The first kappa shape index (κ1) is 17.2. The average Bonchev–Trinajstić information content (AvgIpc) is 3.48. The van der Waals surface area contributed by atoms with Gasteiger partial charge in [0.1, 0.15) is 5.82 Å². The van der Waals surface area contributed by atoms with E-state index in [9.17, 15) is 4.79 Å². The van der Waals surface area contributed by atoms with Crippen LogP contribution in [0.1, 0.15) is 52.9 Å². The lowest BCUT2D eigenvalue weighted by molar-refractivity contribution is 0.0971. The van der Waals surface area contributed by atoms with Crippen LogP contribution in [-0.2, 0) is 12.8 Å². The van der Waals surface area contributed by atoms with Gasteiger partial charge >= 0.3 is 0 Å². The number of hydrogen-bond donors (Lipinski definition) is 2. The van der Waals surface area contributed by atoms with Crippen LogP contribution in [0.25, 0.3) is 11.3 Å². The van der Waals surface area contributed by atoms with Gasteiger partial charge in [0.25, 0.3) is 0 Å². The fraction of sp³-hybridized carbons (Fsp3) is 0.333. The number of aromatic nitrogens is 2. The predicted octanol–water partition coefficient (Wildman–Crippen LogP) is 5.01. The lowest BCUT2D eigenvalue weighted by Crippen LogP contribution is -2.11. The Balaban J connectivity index is 1.55. The molecule has 0 atom stereocenters. The second-order valence-electron chi connectivity index (χ2n) is 8.03. The lowest BCUT2D eigenvalue weighted by Gasteiger charge is -2.12. The Morgan fingerprint density at radius 2 is 1.96 bits per heavy atom. The molecule has 2 aromatic heterocycles. The summed E-state index contributed by atoms with van der Waals surface area (Å²) < 4.78 is 0. The Morgan fingerprint density at radius 1 is 1.11 bits per heavy atom. The summed E-state index contributed by atoms with van der Waals surface area (Å²) in [6.45, 7) is 0.993.